The molecule has 1 fully saturated rings. The number of carbonyl (C=O) groups is 1. The van der Waals surface area contributed by atoms with E-state index < -0.39 is 18.2 Å². The molecule has 0 spiro atoms. The Hall–Kier alpha value is -1.99. The highest BCUT2D eigenvalue weighted by molar-refractivity contribution is 6.31. The first-order valence-electron chi connectivity index (χ1n) is 10.9. The second kappa shape index (κ2) is 10.3. The molecule has 0 radical (unpaired) electrons. The van der Waals surface area contributed by atoms with Gasteiger partial charge in [-0.25, -0.2) is 0 Å². The van der Waals surface area contributed by atoms with E-state index in [4.69, 9.17) is 42.1 Å². The third kappa shape index (κ3) is 4.84. The van der Waals surface area contributed by atoms with Crippen molar-refractivity contribution < 1.29 is 23.7 Å². The molecule has 4 rings (SSSR count). The quantitative estimate of drug-likeness (QED) is 0.531. The van der Waals surface area contributed by atoms with Gasteiger partial charge in [0.05, 0.1) is 12.5 Å². The van der Waals surface area contributed by atoms with Gasteiger partial charge in [0.15, 0.2) is 0 Å². The molecule has 0 aromatic heterocycles. The van der Waals surface area contributed by atoms with E-state index in [2.05, 4.69) is 11.8 Å². The van der Waals surface area contributed by atoms with E-state index >= 15 is 0 Å². The SMILES string of the molecule is CCOC(=O)C1CCCN(CC)[C@@H]1OC1c2cc(Cl)ccc2OCOc2ccc(Cl)cc21. The first kappa shape index (κ1) is 23.2. The molecule has 0 bridgehead atoms. The van der Waals surface area contributed by atoms with Crippen molar-refractivity contribution in [3.63, 3.8) is 0 Å². The zero-order valence-electron chi connectivity index (χ0n) is 18.2. The van der Waals surface area contributed by atoms with E-state index in [1.807, 2.05) is 19.1 Å². The Balaban J connectivity index is 1.80. The molecule has 0 aliphatic carbocycles. The largest absolute Gasteiger partial charge is 0.466 e. The average Bonchev–Trinajstić information content (AvgIpc) is 2.78. The Bertz CT molecular complexity index is 916. The Kier molecular flexibility index (Phi) is 7.46. The van der Waals surface area contributed by atoms with Gasteiger partial charge < -0.3 is 18.9 Å². The lowest BCUT2D eigenvalue weighted by Gasteiger charge is -2.41. The van der Waals surface area contributed by atoms with Crippen molar-refractivity contribution >= 4 is 29.2 Å². The summed E-state index contributed by atoms with van der Waals surface area (Å²) in [6, 6.07) is 10.8. The molecule has 1 saturated heterocycles. The summed E-state index contributed by atoms with van der Waals surface area (Å²) in [5.74, 6) is 0.570. The zero-order valence-corrected chi connectivity index (χ0v) is 19.7. The van der Waals surface area contributed by atoms with Crippen molar-refractivity contribution in [3.8, 4) is 11.5 Å². The second-order valence-corrected chi connectivity index (χ2v) is 8.68. The molecule has 32 heavy (non-hydrogen) atoms. The summed E-state index contributed by atoms with van der Waals surface area (Å²) in [6.45, 7) is 5.83. The predicted molar refractivity (Wildman–Crippen MR) is 122 cm³/mol. The van der Waals surface area contributed by atoms with Crippen molar-refractivity contribution in [2.75, 3.05) is 26.5 Å². The fourth-order valence-electron chi connectivity index (χ4n) is 4.36. The maximum absolute atomic E-state index is 12.8. The van der Waals surface area contributed by atoms with Crippen LogP contribution in [0.4, 0.5) is 0 Å². The average molecular weight is 480 g/mol. The Morgan fingerprint density at radius 2 is 1.69 bits per heavy atom. The second-order valence-electron chi connectivity index (χ2n) is 7.81. The van der Waals surface area contributed by atoms with E-state index in [1.54, 1.807) is 24.3 Å². The summed E-state index contributed by atoms with van der Waals surface area (Å²) in [5, 5.41) is 1.12. The van der Waals surface area contributed by atoms with E-state index in [9.17, 15) is 4.79 Å². The molecule has 2 aromatic carbocycles. The lowest BCUT2D eigenvalue weighted by Crippen LogP contribution is -2.50. The number of rotatable bonds is 5. The number of ether oxygens (including phenoxy) is 4. The van der Waals surface area contributed by atoms with E-state index in [1.165, 1.54) is 0 Å². The van der Waals surface area contributed by atoms with Gasteiger partial charge in [0.1, 0.15) is 23.8 Å². The van der Waals surface area contributed by atoms with Gasteiger partial charge in [0.25, 0.3) is 0 Å². The fraction of sp³-hybridized carbons (Fsp3) is 0.458. The Morgan fingerprint density at radius 1 is 1.06 bits per heavy atom. The molecule has 0 N–H and O–H groups in total. The monoisotopic (exact) mass is 479 g/mol. The van der Waals surface area contributed by atoms with Crippen LogP contribution in [-0.2, 0) is 14.3 Å². The standard InChI is InChI=1S/C24H27Cl2NO5/c1-3-27-11-5-6-17(24(28)29-4-2)23(27)32-22-18-12-15(25)7-9-20(18)30-14-31-21-10-8-16(26)13-19(21)22/h7-10,12-13,17,22-23H,3-6,11,14H2,1-2H3/t17?,23-/m1/s1. The number of hydrogen-bond donors (Lipinski definition) is 0. The van der Waals surface area contributed by atoms with Gasteiger partial charge in [-0.05, 0) is 62.7 Å². The van der Waals surface area contributed by atoms with Gasteiger partial charge >= 0.3 is 5.97 Å². The minimum absolute atomic E-state index is 0.0476. The van der Waals surface area contributed by atoms with Crippen LogP contribution in [0.3, 0.4) is 0 Å². The number of esters is 1. The summed E-state index contributed by atoms with van der Waals surface area (Å²) in [5.41, 5.74) is 1.52. The smallest absolute Gasteiger partial charge is 0.312 e. The normalized spacial score (nSPS) is 21.4. The van der Waals surface area contributed by atoms with Gasteiger partial charge in [-0.1, -0.05) is 30.1 Å². The summed E-state index contributed by atoms with van der Waals surface area (Å²) < 4.78 is 23.9. The van der Waals surface area contributed by atoms with Gasteiger partial charge in [0, 0.05) is 27.7 Å². The molecule has 2 atom stereocenters. The third-order valence-electron chi connectivity index (χ3n) is 5.87. The molecule has 2 aliphatic heterocycles. The minimum atomic E-state index is -0.605. The molecule has 2 aromatic rings. The van der Waals surface area contributed by atoms with Crippen molar-refractivity contribution in [2.24, 2.45) is 5.92 Å². The highest BCUT2D eigenvalue weighted by Crippen LogP contribution is 2.43. The topological polar surface area (TPSA) is 57.2 Å². The van der Waals surface area contributed by atoms with Gasteiger partial charge in [-0.15, -0.1) is 0 Å². The number of nitrogens with zero attached hydrogens (tertiary/aromatic N) is 1. The minimum Gasteiger partial charge on any atom is -0.466 e. The predicted octanol–water partition coefficient (Wildman–Crippen LogP) is 5.45. The number of likely N-dealkylation sites (tertiary alicyclic amines) is 1. The van der Waals surface area contributed by atoms with Crippen LogP contribution in [0, 0.1) is 5.92 Å². The first-order valence-corrected chi connectivity index (χ1v) is 11.7. The maximum atomic E-state index is 12.8. The molecule has 172 valence electrons. The van der Waals surface area contributed by atoms with Crippen LogP contribution in [-0.4, -0.2) is 43.6 Å². The molecular formula is C24H27Cl2NO5. The fourth-order valence-corrected chi connectivity index (χ4v) is 4.72. The number of halogens is 2. The lowest BCUT2D eigenvalue weighted by atomic mass is 9.94. The van der Waals surface area contributed by atoms with E-state index in [-0.39, 0.29) is 12.8 Å². The van der Waals surface area contributed by atoms with E-state index in [0.29, 0.717) is 34.6 Å². The summed E-state index contributed by atoms with van der Waals surface area (Å²) in [6.07, 6.45) is 0.520. The van der Waals surface area contributed by atoms with Crippen LogP contribution in [0.5, 0.6) is 11.5 Å². The summed E-state index contributed by atoms with van der Waals surface area (Å²) in [7, 11) is 0. The van der Waals surface area contributed by atoms with Crippen molar-refractivity contribution in [3.05, 3.63) is 57.6 Å². The zero-order chi connectivity index (χ0) is 22.7. The van der Waals surface area contributed by atoms with Gasteiger partial charge in [-0.2, -0.15) is 0 Å². The number of piperidine rings is 1. The van der Waals surface area contributed by atoms with Crippen LogP contribution in [0.1, 0.15) is 43.9 Å². The first-order chi connectivity index (χ1) is 15.5. The molecule has 2 aliphatic rings. The maximum Gasteiger partial charge on any atom is 0.312 e. The number of fused-ring (bicyclic) bond motifs is 2. The van der Waals surface area contributed by atoms with Gasteiger partial charge in [-0.3, -0.25) is 9.69 Å². The van der Waals surface area contributed by atoms with Crippen molar-refractivity contribution in [2.45, 2.75) is 39.0 Å². The highest BCUT2D eigenvalue weighted by Gasteiger charge is 2.40. The molecule has 8 heteroatoms. The lowest BCUT2D eigenvalue weighted by molar-refractivity contribution is -0.176. The molecule has 0 saturated carbocycles. The number of benzene rings is 2. The molecule has 6 nitrogen and oxygen atoms in total. The summed E-state index contributed by atoms with van der Waals surface area (Å²) in [4.78, 5) is 15.0. The van der Waals surface area contributed by atoms with E-state index in [0.717, 1.165) is 30.6 Å². The van der Waals surface area contributed by atoms with Crippen LogP contribution >= 0.6 is 23.2 Å². The van der Waals surface area contributed by atoms with Crippen LogP contribution in [0.15, 0.2) is 36.4 Å². The van der Waals surface area contributed by atoms with Crippen molar-refractivity contribution in [1.29, 1.82) is 0 Å². The van der Waals surface area contributed by atoms with Crippen molar-refractivity contribution in [1.82, 2.24) is 4.90 Å². The van der Waals surface area contributed by atoms with Crippen LogP contribution in [0.25, 0.3) is 0 Å². The molecule has 2 heterocycles. The Morgan fingerprint density at radius 3 is 2.25 bits per heavy atom. The van der Waals surface area contributed by atoms with Crippen LogP contribution < -0.4 is 9.47 Å². The molecule has 1 unspecified atom stereocenters. The third-order valence-corrected chi connectivity index (χ3v) is 6.34. The van der Waals surface area contributed by atoms with Crippen LogP contribution in [0.2, 0.25) is 10.0 Å². The molecular weight excluding hydrogens is 453 g/mol. The summed E-state index contributed by atoms with van der Waals surface area (Å²) >= 11 is 12.7. The number of hydrogen-bond acceptors (Lipinski definition) is 6. The Labute approximate surface area is 198 Å². The number of carbonyl (C=O) groups excluding carboxylic acids is 1. The highest BCUT2D eigenvalue weighted by atomic mass is 35.5. The van der Waals surface area contributed by atoms with Gasteiger partial charge in [0.2, 0.25) is 6.79 Å². The molecule has 0 amide bonds.